The van der Waals surface area contributed by atoms with Gasteiger partial charge in [-0.05, 0) is 55.5 Å². The highest BCUT2D eigenvalue weighted by molar-refractivity contribution is 5.24. The van der Waals surface area contributed by atoms with Crippen molar-refractivity contribution in [2.24, 2.45) is 5.73 Å². The summed E-state index contributed by atoms with van der Waals surface area (Å²) in [7, 11) is 0. The Labute approximate surface area is 164 Å². The van der Waals surface area contributed by atoms with Crippen molar-refractivity contribution in [3.63, 3.8) is 0 Å². The summed E-state index contributed by atoms with van der Waals surface area (Å²) in [6.07, 6.45) is 0.266. The third-order valence-electron chi connectivity index (χ3n) is 4.70. The summed E-state index contributed by atoms with van der Waals surface area (Å²) in [5.41, 5.74) is 8.29. The van der Waals surface area contributed by atoms with E-state index in [4.69, 9.17) is 5.73 Å². The van der Waals surface area contributed by atoms with Crippen molar-refractivity contribution in [3.8, 4) is 0 Å². The molecule has 2 atom stereocenters. The molecule has 2 heterocycles. The van der Waals surface area contributed by atoms with Crippen molar-refractivity contribution in [1.29, 1.82) is 0 Å². The van der Waals surface area contributed by atoms with Crippen molar-refractivity contribution in [3.05, 3.63) is 59.2 Å². The standard InChI is InChI=1S/C21H29F3N4/c1-14(2)17-7-5-11-26-19(17)12-16(6-4-10-25)28-20(21(22,23)24)18-9-8-15(3)13-27-18/h5,7-9,11,13-14,16,20,28H,4,6,10,12,25H2,1-3H3. The van der Waals surface area contributed by atoms with E-state index < -0.39 is 18.3 Å². The van der Waals surface area contributed by atoms with Crippen LogP contribution in [0.1, 0.15) is 61.2 Å². The summed E-state index contributed by atoms with van der Waals surface area (Å²) in [6.45, 7) is 6.33. The Bertz CT molecular complexity index is 729. The van der Waals surface area contributed by atoms with Gasteiger partial charge in [0.25, 0.3) is 0 Å². The second-order valence-corrected chi connectivity index (χ2v) is 7.43. The van der Waals surface area contributed by atoms with Crippen LogP contribution >= 0.6 is 0 Å². The van der Waals surface area contributed by atoms with Crippen LogP contribution in [-0.4, -0.2) is 28.7 Å². The molecular weight excluding hydrogens is 365 g/mol. The zero-order valence-corrected chi connectivity index (χ0v) is 16.6. The number of halogens is 3. The lowest BCUT2D eigenvalue weighted by Gasteiger charge is -2.28. The molecule has 2 aromatic heterocycles. The van der Waals surface area contributed by atoms with Gasteiger partial charge in [-0.3, -0.25) is 15.3 Å². The molecule has 7 heteroatoms. The summed E-state index contributed by atoms with van der Waals surface area (Å²) in [5.74, 6) is 0.246. The van der Waals surface area contributed by atoms with Crippen LogP contribution in [0.15, 0.2) is 36.7 Å². The lowest BCUT2D eigenvalue weighted by Crippen LogP contribution is -2.42. The minimum absolute atomic E-state index is 0.0269. The molecular formula is C21H29F3N4. The van der Waals surface area contributed by atoms with E-state index in [1.165, 1.54) is 12.3 Å². The fraction of sp³-hybridized carbons (Fsp3) is 0.524. The molecule has 0 amide bonds. The van der Waals surface area contributed by atoms with Crippen molar-refractivity contribution >= 4 is 0 Å². The molecule has 0 spiro atoms. The molecule has 0 saturated carbocycles. The Balaban J connectivity index is 2.29. The molecule has 0 radical (unpaired) electrons. The second kappa shape index (κ2) is 9.98. The number of alkyl halides is 3. The largest absolute Gasteiger partial charge is 0.409 e. The van der Waals surface area contributed by atoms with E-state index in [2.05, 4.69) is 29.1 Å². The van der Waals surface area contributed by atoms with Gasteiger partial charge in [-0.2, -0.15) is 13.2 Å². The van der Waals surface area contributed by atoms with Gasteiger partial charge in [0.15, 0.2) is 0 Å². The van der Waals surface area contributed by atoms with Crippen LogP contribution in [0.2, 0.25) is 0 Å². The molecule has 0 fully saturated rings. The van der Waals surface area contributed by atoms with Crippen molar-refractivity contribution in [2.75, 3.05) is 6.54 Å². The van der Waals surface area contributed by atoms with Crippen LogP contribution < -0.4 is 11.1 Å². The molecule has 0 aliphatic carbocycles. The zero-order valence-electron chi connectivity index (χ0n) is 16.6. The maximum absolute atomic E-state index is 13.8. The summed E-state index contributed by atoms with van der Waals surface area (Å²) >= 11 is 0. The fourth-order valence-electron chi connectivity index (χ4n) is 3.22. The first-order valence-corrected chi connectivity index (χ1v) is 9.61. The van der Waals surface area contributed by atoms with Crippen LogP contribution in [-0.2, 0) is 6.42 Å². The quantitative estimate of drug-likeness (QED) is 0.659. The lowest BCUT2D eigenvalue weighted by molar-refractivity contribution is -0.160. The molecule has 4 nitrogen and oxygen atoms in total. The van der Waals surface area contributed by atoms with Gasteiger partial charge in [-0.25, -0.2) is 0 Å². The summed E-state index contributed by atoms with van der Waals surface area (Å²) in [5, 5.41) is 2.80. The van der Waals surface area contributed by atoms with E-state index in [0.717, 1.165) is 16.8 Å². The van der Waals surface area contributed by atoms with Crippen molar-refractivity contribution < 1.29 is 13.2 Å². The van der Waals surface area contributed by atoms with E-state index in [1.807, 2.05) is 12.1 Å². The van der Waals surface area contributed by atoms with Gasteiger partial charge >= 0.3 is 6.18 Å². The number of pyridine rings is 2. The van der Waals surface area contributed by atoms with Crippen molar-refractivity contribution in [2.45, 2.75) is 64.2 Å². The lowest BCUT2D eigenvalue weighted by atomic mass is 9.95. The normalized spacial score (nSPS) is 14.3. The van der Waals surface area contributed by atoms with Crippen LogP contribution in [0.25, 0.3) is 0 Å². The Hall–Kier alpha value is -1.99. The molecule has 0 aliphatic heterocycles. The minimum atomic E-state index is -4.45. The zero-order chi connectivity index (χ0) is 20.7. The Morgan fingerprint density at radius 3 is 2.46 bits per heavy atom. The SMILES string of the molecule is Cc1ccc(C(NC(CCCN)Cc2ncccc2C(C)C)C(F)(F)F)nc1. The van der Waals surface area contributed by atoms with E-state index in [-0.39, 0.29) is 11.6 Å². The van der Waals surface area contributed by atoms with Crippen LogP contribution in [0.4, 0.5) is 13.2 Å². The average Bonchev–Trinajstić information content (AvgIpc) is 2.64. The van der Waals surface area contributed by atoms with Gasteiger partial charge in [0.1, 0.15) is 6.04 Å². The Morgan fingerprint density at radius 2 is 1.89 bits per heavy atom. The number of nitrogens with one attached hydrogen (secondary N) is 1. The first kappa shape index (κ1) is 22.3. The molecule has 28 heavy (non-hydrogen) atoms. The van der Waals surface area contributed by atoms with Gasteiger partial charge in [-0.15, -0.1) is 0 Å². The number of rotatable bonds is 9. The molecule has 154 valence electrons. The minimum Gasteiger partial charge on any atom is -0.330 e. The first-order chi connectivity index (χ1) is 13.2. The molecule has 2 aromatic rings. The third-order valence-corrected chi connectivity index (χ3v) is 4.70. The van der Waals surface area contributed by atoms with Crippen LogP contribution in [0, 0.1) is 6.92 Å². The molecule has 0 bridgehead atoms. The van der Waals surface area contributed by atoms with E-state index >= 15 is 0 Å². The van der Waals surface area contributed by atoms with Gasteiger partial charge in [-0.1, -0.05) is 26.0 Å². The van der Waals surface area contributed by atoms with Crippen LogP contribution in [0.5, 0.6) is 0 Å². The van der Waals surface area contributed by atoms with Crippen LogP contribution in [0.3, 0.4) is 0 Å². The molecule has 2 unspecified atom stereocenters. The van der Waals surface area contributed by atoms with E-state index in [9.17, 15) is 13.2 Å². The van der Waals surface area contributed by atoms with Crippen molar-refractivity contribution in [1.82, 2.24) is 15.3 Å². The molecule has 2 rings (SSSR count). The first-order valence-electron chi connectivity index (χ1n) is 9.61. The topological polar surface area (TPSA) is 63.8 Å². The monoisotopic (exact) mass is 394 g/mol. The number of aromatic nitrogens is 2. The highest BCUT2D eigenvalue weighted by Gasteiger charge is 2.42. The maximum atomic E-state index is 13.8. The highest BCUT2D eigenvalue weighted by atomic mass is 19.4. The average molecular weight is 394 g/mol. The molecule has 0 saturated heterocycles. The molecule has 3 N–H and O–H groups in total. The Kier molecular flexibility index (Phi) is 7.95. The van der Waals surface area contributed by atoms with E-state index in [1.54, 1.807) is 19.2 Å². The summed E-state index contributed by atoms with van der Waals surface area (Å²) < 4.78 is 41.4. The molecule has 0 aromatic carbocycles. The van der Waals surface area contributed by atoms with Gasteiger partial charge in [0.05, 0.1) is 5.69 Å². The number of nitrogens with two attached hydrogens (primary N) is 1. The second-order valence-electron chi connectivity index (χ2n) is 7.43. The Morgan fingerprint density at radius 1 is 1.14 bits per heavy atom. The summed E-state index contributed by atoms with van der Waals surface area (Å²) in [6, 6.07) is 4.67. The summed E-state index contributed by atoms with van der Waals surface area (Å²) in [4.78, 5) is 8.44. The smallest absolute Gasteiger partial charge is 0.330 e. The van der Waals surface area contributed by atoms with Gasteiger partial charge in [0, 0.05) is 30.6 Å². The highest BCUT2D eigenvalue weighted by Crippen LogP contribution is 2.33. The van der Waals surface area contributed by atoms with E-state index in [0.29, 0.717) is 25.8 Å². The number of aryl methyl sites for hydroxylation is 1. The third kappa shape index (κ3) is 6.27. The fourth-order valence-corrected chi connectivity index (χ4v) is 3.22. The van der Waals surface area contributed by atoms with Gasteiger partial charge < -0.3 is 5.73 Å². The van der Waals surface area contributed by atoms with Gasteiger partial charge in [0.2, 0.25) is 0 Å². The predicted octanol–water partition coefficient (Wildman–Crippen LogP) is 4.45. The number of nitrogens with zero attached hydrogens (tertiary/aromatic N) is 2. The predicted molar refractivity (Wildman–Crippen MR) is 105 cm³/mol. The number of hydrogen-bond donors (Lipinski definition) is 2. The maximum Gasteiger partial charge on any atom is 0.409 e. The molecule has 0 aliphatic rings. The number of hydrogen-bond acceptors (Lipinski definition) is 4.